The topological polar surface area (TPSA) is 78.9 Å². The molecule has 2 N–H and O–H groups in total. The zero-order valence-electron chi connectivity index (χ0n) is 11.0. The zero-order valence-corrected chi connectivity index (χ0v) is 11.0. The molecule has 0 radical (unpaired) electrons. The van der Waals surface area contributed by atoms with E-state index in [0.29, 0.717) is 19.5 Å². The normalized spacial score (nSPS) is 20.4. The summed E-state index contributed by atoms with van der Waals surface area (Å²) in [7, 11) is 0. The molecule has 1 unspecified atom stereocenters. The molecular weight excluding hydrogens is 236 g/mol. The van der Waals surface area contributed by atoms with Crippen molar-refractivity contribution in [1.29, 1.82) is 0 Å². The first-order chi connectivity index (χ1) is 8.58. The predicted molar refractivity (Wildman–Crippen MR) is 66.5 cm³/mol. The summed E-state index contributed by atoms with van der Waals surface area (Å²) in [6.07, 6.45) is 2.44. The molecule has 0 spiro atoms. The smallest absolute Gasteiger partial charge is 0.326 e. The van der Waals surface area contributed by atoms with E-state index in [1.807, 2.05) is 6.92 Å². The second kappa shape index (κ2) is 7.20. The Labute approximate surface area is 107 Å². The zero-order chi connectivity index (χ0) is 13.5. The minimum Gasteiger partial charge on any atom is -0.480 e. The maximum absolute atomic E-state index is 11.9. The Morgan fingerprint density at radius 2 is 2.22 bits per heavy atom. The van der Waals surface area contributed by atoms with Gasteiger partial charge in [0.2, 0.25) is 0 Å². The first-order valence-corrected chi connectivity index (χ1v) is 6.48. The van der Waals surface area contributed by atoms with E-state index in [2.05, 4.69) is 5.32 Å². The van der Waals surface area contributed by atoms with Crippen molar-refractivity contribution in [2.24, 2.45) is 0 Å². The van der Waals surface area contributed by atoms with Crippen LogP contribution in [0.2, 0.25) is 0 Å². The number of hydrogen-bond donors (Lipinski definition) is 2. The molecule has 0 saturated carbocycles. The van der Waals surface area contributed by atoms with Gasteiger partial charge in [-0.05, 0) is 26.2 Å². The van der Waals surface area contributed by atoms with Gasteiger partial charge >= 0.3 is 12.0 Å². The van der Waals surface area contributed by atoms with E-state index in [1.165, 1.54) is 0 Å². The number of carbonyl (C=O) groups is 2. The SMILES string of the molecule is CC[C@H](NC(=O)N(CC)CC1CCCO1)C(=O)O. The molecule has 0 aromatic heterocycles. The number of carboxylic acid groups (broad SMARTS) is 1. The Kier molecular flexibility index (Phi) is 5.91. The fraction of sp³-hybridized carbons (Fsp3) is 0.833. The number of nitrogens with zero attached hydrogens (tertiary/aromatic N) is 1. The average molecular weight is 258 g/mol. The lowest BCUT2D eigenvalue weighted by atomic mass is 10.2. The van der Waals surface area contributed by atoms with E-state index < -0.39 is 12.0 Å². The van der Waals surface area contributed by atoms with E-state index in [1.54, 1.807) is 11.8 Å². The van der Waals surface area contributed by atoms with Gasteiger partial charge in [0.15, 0.2) is 0 Å². The van der Waals surface area contributed by atoms with Gasteiger partial charge in [-0.1, -0.05) is 6.92 Å². The summed E-state index contributed by atoms with van der Waals surface area (Å²) in [6, 6.07) is -1.15. The molecule has 0 aromatic carbocycles. The summed E-state index contributed by atoms with van der Waals surface area (Å²) in [6.45, 7) is 5.42. The van der Waals surface area contributed by atoms with Crippen LogP contribution in [0.15, 0.2) is 0 Å². The molecule has 1 rings (SSSR count). The molecule has 2 atom stereocenters. The number of likely N-dealkylation sites (N-methyl/N-ethyl adjacent to an activating group) is 1. The number of hydrogen-bond acceptors (Lipinski definition) is 3. The summed E-state index contributed by atoms with van der Waals surface area (Å²) in [5.41, 5.74) is 0. The highest BCUT2D eigenvalue weighted by Crippen LogP contribution is 2.13. The molecule has 0 aromatic rings. The van der Waals surface area contributed by atoms with Crippen molar-refractivity contribution in [3.05, 3.63) is 0 Å². The molecule has 0 bridgehead atoms. The van der Waals surface area contributed by atoms with Crippen molar-refractivity contribution < 1.29 is 19.4 Å². The van der Waals surface area contributed by atoms with Gasteiger partial charge < -0.3 is 20.1 Å². The molecule has 1 saturated heterocycles. The third-order valence-electron chi connectivity index (χ3n) is 3.12. The number of aliphatic carboxylic acids is 1. The van der Waals surface area contributed by atoms with Gasteiger partial charge in [-0.25, -0.2) is 9.59 Å². The number of carbonyl (C=O) groups excluding carboxylic acids is 1. The second-order valence-corrected chi connectivity index (χ2v) is 4.42. The lowest BCUT2D eigenvalue weighted by Gasteiger charge is -2.25. The monoisotopic (exact) mass is 258 g/mol. The van der Waals surface area contributed by atoms with Crippen molar-refractivity contribution in [2.75, 3.05) is 19.7 Å². The molecule has 2 amide bonds. The van der Waals surface area contributed by atoms with Gasteiger partial charge in [-0.3, -0.25) is 0 Å². The minimum atomic E-state index is -1.00. The quantitative estimate of drug-likeness (QED) is 0.746. The summed E-state index contributed by atoms with van der Waals surface area (Å²) in [5, 5.41) is 11.4. The van der Waals surface area contributed by atoms with Crippen LogP contribution >= 0.6 is 0 Å². The Balaban J connectivity index is 2.47. The molecule has 1 aliphatic rings. The third-order valence-corrected chi connectivity index (χ3v) is 3.12. The number of amides is 2. The largest absolute Gasteiger partial charge is 0.480 e. The van der Waals surface area contributed by atoms with Crippen LogP contribution in [0.25, 0.3) is 0 Å². The second-order valence-electron chi connectivity index (χ2n) is 4.42. The molecule has 104 valence electrons. The number of nitrogens with one attached hydrogen (secondary N) is 1. The Morgan fingerprint density at radius 1 is 1.50 bits per heavy atom. The maximum atomic E-state index is 11.9. The molecule has 6 nitrogen and oxygen atoms in total. The number of urea groups is 1. The molecule has 1 aliphatic heterocycles. The molecular formula is C12H22N2O4. The highest BCUT2D eigenvalue weighted by Gasteiger charge is 2.24. The van der Waals surface area contributed by atoms with E-state index in [-0.39, 0.29) is 12.1 Å². The highest BCUT2D eigenvalue weighted by atomic mass is 16.5. The molecule has 6 heteroatoms. The van der Waals surface area contributed by atoms with Crippen molar-refractivity contribution >= 4 is 12.0 Å². The van der Waals surface area contributed by atoms with Crippen LogP contribution in [0.4, 0.5) is 4.79 Å². The van der Waals surface area contributed by atoms with Crippen LogP contribution in [0.1, 0.15) is 33.1 Å². The van der Waals surface area contributed by atoms with Crippen molar-refractivity contribution in [3.63, 3.8) is 0 Å². The fourth-order valence-corrected chi connectivity index (χ4v) is 1.97. The lowest BCUT2D eigenvalue weighted by molar-refractivity contribution is -0.139. The number of ether oxygens (including phenoxy) is 1. The standard InChI is InChI=1S/C12H22N2O4/c1-3-10(11(15)16)13-12(17)14(4-2)8-9-6-5-7-18-9/h9-10H,3-8H2,1-2H3,(H,13,17)(H,15,16)/t9?,10-/m0/s1. The highest BCUT2D eigenvalue weighted by molar-refractivity contribution is 5.82. The number of carboxylic acids is 1. The van der Waals surface area contributed by atoms with E-state index in [0.717, 1.165) is 19.4 Å². The average Bonchev–Trinajstić information content (AvgIpc) is 2.85. The van der Waals surface area contributed by atoms with Gasteiger partial charge in [0.25, 0.3) is 0 Å². The van der Waals surface area contributed by atoms with Gasteiger partial charge in [0.1, 0.15) is 6.04 Å². The Bertz CT molecular complexity index is 290. The van der Waals surface area contributed by atoms with Crippen LogP contribution in [-0.4, -0.2) is 53.8 Å². The van der Waals surface area contributed by atoms with Crippen LogP contribution < -0.4 is 5.32 Å². The summed E-state index contributed by atoms with van der Waals surface area (Å²) in [4.78, 5) is 24.4. The summed E-state index contributed by atoms with van der Waals surface area (Å²) in [5.74, 6) is -1.00. The van der Waals surface area contributed by atoms with E-state index in [9.17, 15) is 9.59 Å². The molecule has 0 aliphatic carbocycles. The van der Waals surface area contributed by atoms with Gasteiger partial charge in [-0.2, -0.15) is 0 Å². The Morgan fingerprint density at radius 3 is 2.67 bits per heavy atom. The van der Waals surface area contributed by atoms with Crippen LogP contribution in [0, 0.1) is 0 Å². The van der Waals surface area contributed by atoms with E-state index in [4.69, 9.17) is 9.84 Å². The van der Waals surface area contributed by atoms with Crippen LogP contribution in [-0.2, 0) is 9.53 Å². The van der Waals surface area contributed by atoms with Gasteiger partial charge in [0, 0.05) is 19.7 Å². The molecule has 1 heterocycles. The predicted octanol–water partition coefficient (Wildman–Crippen LogP) is 1.06. The first kappa shape index (κ1) is 14.8. The maximum Gasteiger partial charge on any atom is 0.326 e. The van der Waals surface area contributed by atoms with Gasteiger partial charge in [-0.15, -0.1) is 0 Å². The van der Waals surface area contributed by atoms with Crippen molar-refractivity contribution in [2.45, 2.75) is 45.3 Å². The third kappa shape index (κ3) is 4.18. The first-order valence-electron chi connectivity index (χ1n) is 6.48. The van der Waals surface area contributed by atoms with Crippen LogP contribution in [0.5, 0.6) is 0 Å². The number of rotatable bonds is 6. The minimum absolute atomic E-state index is 0.0839. The van der Waals surface area contributed by atoms with Crippen molar-refractivity contribution in [3.8, 4) is 0 Å². The Hall–Kier alpha value is -1.30. The fourth-order valence-electron chi connectivity index (χ4n) is 1.97. The lowest BCUT2D eigenvalue weighted by Crippen LogP contribution is -2.49. The summed E-state index contributed by atoms with van der Waals surface area (Å²) < 4.78 is 5.48. The molecule has 1 fully saturated rings. The van der Waals surface area contributed by atoms with Crippen molar-refractivity contribution in [1.82, 2.24) is 10.2 Å². The summed E-state index contributed by atoms with van der Waals surface area (Å²) >= 11 is 0. The van der Waals surface area contributed by atoms with Crippen LogP contribution in [0.3, 0.4) is 0 Å². The van der Waals surface area contributed by atoms with E-state index >= 15 is 0 Å². The molecule has 18 heavy (non-hydrogen) atoms. The van der Waals surface area contributed by atoms with Gasteiger partial charge in [0.05, 0.1) is 6.10 Å².